The number of nitrogens with zero attached hydrogens (tertiary/aromatic N) is 1. The highest BCUT2D eigenvalue weighted by molar-refractivity contribution is 5.85. The summed E-state index contributed by atoms with van der Waals surface area (Å²) in [6.07, 6.45) is 22.9. The fraction of sp³-hybridized carbons (Fsp3) is 1.00. The molecule has 0 unspecified atom stereocenters. The highest BCUT2D eigenvalue weighted by atomic mass is 35.5. The van der Waals surface area contributed by atoms with Crippen LogP contribution in [0.25, 0.3) is 0 Å². The molecule has 0 aromatic carbocycles. The van der Waals surface area contributed by atoms with E-state index in [0.29, 0.717) is 0 Å². The summed E-state index contributed by atoms with van der Waals surface area (Å²) in [5.41, 5.74) is 0. The number of unbranched alkanes of at least 4 members (excludes halogenated alkanes) is 14. The van der Waals surface area contributed by atoms with Crippen molar-refractivity contribution in [3.8, 4) is 0 Å². The molecule has 0 aromatic heterocycles. The summed E-state index contributed by atoms with van der Waals surface area (Å²) in [6, 6.07) is 0. The second kappa shape index (κ2) is 25.5. The highest BCUT2D eigenvalue weighted by Crippen LogP contribution is 2.10. The van der Waals surface area contributed by atoms with Crippen molar-refractivity contribution < 1.29 is 0 Å². The molecule has 0 aromatic rings. The molecule has 0 atom stereocenters. The van der Waals surface area contributed by atoms with Gasteiger partial charge in [-0.2, -0.15) is 0 Å². The summed E-state index contributed by atoms with van der Waals surface area (Å²) in [7, 11) is 2.31. The van der Waals surface area contributed by atoms with Gasteiger partial charge in [-0.05, 0) is 33.0 Å². The average molecular weight is 365 g/mol. The molecule has 0 rings (SSSR count). The van der Waals surface area contributed by atoms with Gasteiger partial charge in [0.25, 0.3) is 0 Å². The van der Waals surface area contributed by atoms with Gasteiger partial charge in [0, 0.05) is 0 Å². The largest absolute Gasteiger partial charge is 0.344 e. The van der Waals surface area contributed by atoms with Crippen LogP contribution in [0.3, 0.4) is 0 Å². The van der Waals surface area contributed by atoms with Crippen molar-refractivity contribution in [1.82, 2.24) is 11.1 Å². The van der Waals surface area contributed by atoms with Crippen LogP contribution in [0.5, 0.6) is 0 Å². The molecule has 0 aliphatic rings. The fourth-order valence-corrected chi connectivity index (χ4v) is 3.14. The molecule has 0 aliphatic heterocycles. The lowest BCUT2D eigenvalue weighted by Gasteiger charge is -2.16. The Morgan fingerprint density at radius 3 is 1.00 bits per heavy atom. The second-order valence-corrected chi connectivity index (χ2v) is 7.25. The SMILES string of the molecule is CCCCCCCCCCN(C)CCCCCCCCCC.Cl.N. The van der Waals surface area contributed by atoms with Crippen LogP contribution in [0.1, 0.15) is 117 Å². The van der Waals surface area contributed by atoms with Gasteiger partial charge in [0.1, 0.15) is 0 Å². The smallest absolute Gasteiger partial charge is 0.00218 e. The van der Waals surface area contributed by atoms with Gasteiger partial charge in [0.2, 0.25) is 0 Å². The summed E-state index contributed by atoms with van der Waals surface area (Å²) < 4.78 is 0. The van der Waals surface area contributed by atoms with Crippen LogP contribution >= 0.6 is 12.4 Å². The number of hydrogen-bond acceptors (Lipinski definition) is 2. The second-order valence-electron chi connectivity index (χ2n) is 7.25. The van der Waals surface area contributed by atoms with Crippen molar-refractivity contribution >= 4 is 12.4 Å². The Labute approximate surface area is 160 Å². The van der Waals surface area contributed by atoms with Crippen LogP contribution in [0.4, 0.5) is 0 Å². The third kappa shape index (κ3) is 24.5. The van der Waals surface area contributed by atoms with Gasteiger partial charge in [-0.15, -0.1) is 12.4 Å². The summed E-state index contributed by atoms with van der Waals surface area (Å²) in [6.45, 7) is 7.21. The first-order chi connectivity index (χ1) is 10.8. The van der Waals surface area contributed by atoms with Crippen molar-refractivity contribution in [1.29, 1.82) is 0 Å². The molecule has 0 fully saturated rings. The van der Waals surface area contributed by atoms with E-state index in [-0.39, 0.29) is 18.6 Å². The van der Waals surface area contributed by atoms with Crippen molar-refractivity contribution in [2.75, 3.05) is 20.1 Å². The van der Waals surface area contributed by atoms with Crippen LogP contribution in [-0.2, 0) is 0 Å². The summed E-state index contributed by atoms with van der Waals surface area (Å²) in [4.78, 5) is 2.55. The Balaban J connectivity index is -0.00000220. The van der Waals surface area contributed by atoms with Gasteiger partial charge in [-0.25, -0.2) is 0 Å². The predicted molar refractivity (Wildman–Crippen MR) is 115 cm³/mol. The minimum atomic E-state index is 0. The summed E-state index contributed by atoms with van der Waals surface area (Å²) >= 11 is 0. The monoisotopic (exact) mass is 364 g/mol. The molecule has 0 bridgehead atoms. The molecule has 3 N–H and O–H groups in total. The quantitative estimate of drug-likeness (QED) is 0.252. The third-order valence-corrected chi connectivity index (χ3v) is 4.79. The topological polar surface area (TPSA) is 38.2 Å². The zero-order valence-corrected chi connectivity index (χ0v) is 18.1. The molecule has 0 amide bonds. The number of rotatable bonds is 18. The Morgan fingerprint density at radius 2 is 0.708 bits per heavy atom. The summed E-state index contributed by atoms with van der Waals surface area (Å²) in [5.74, 6) is 0. The van der Waals surface area contributed by atoms with E-state index in [2.05, 4.69) is 25.8 Å². The molecule has 0 saturated heterocycles. The first-order valence-electron chi connectivity index (χ1n) is 10.5. The molecule has 0 aliphatic carbocycles. The molecule has 150 valence electrons. The molecule has 2 nitrogen and oxygen atoms in total. The Bertz CT molecular complexity index is 180. The van der Waals surface area contributed by atoms with Gasteiger partial charge in [-0.3, -0.25) is 0 Å². The predicted octanol–water partition coefficient (Wildman–Crippen LogP) is 7.78. The van der Waals surface area contributed by atoms with Gasteiger partial charge in [-0.1, -0.05) is 104 Å². The molecule has 24 heavy (non-hydrogen) atoms. The maximum atomic E-state index is 2.55. The zero-order chi connectivity index (χ0) is 16.3. The van der Waals surface area contributed by atoms with Gasteiger partial charge in [0.05, 0.1) is 0 Å². The van der Waals surface area contributed by atoms with E-state index in [4.69, 9.17) is 0 Å². The zero-order valence-electron chi connectivity index (χ0n) is 17.3. The molecule has 0 saturated carbocycles. The van der Waals surface area contributed by atoms with E-state index in [1.54, 1.807) is 0 Å². The number of halogens is 1. The first kappa shape index (κ1) is 29.0. The molecule has 0 heterocycles. The van der Waals surface area contributed by atoms with Crippen molar-refractivity contribution in [2.24, 2.45) is 0 Å². The van der Waals surface area contributed by atoms with Gasteiger partial charge >= 0.3 is 0 Å². The maximum absolute atomic E-state index is 2.55. The lowest BCUT2D eigenvalue weighted by Crippen LogP contribution is -2.20. The molecular weight excluding hydrogens is 316 g/mol. The normalized spacial score (nSPS) is 10.5. The van der Waals surface area contributed by atoms with Gasteiger partial charge < -0.3 is 11.1 Å². The van der Waals surface area contributed by atoms with E-state index in [1.165, 1.54) is 116 Å². The van der Waals surface area contributed by atoms with Gasteiger partial charge in [0.15, 0.2) is 0 Å². The van der Waals surface area contributed by atoms with E-state index >= 15 is 0 Å². The van der Waals surface area contributed by atoms with Crippen molar-refractivity contribution in [2.45, 2.75) is 117 Å². The van der Waals surface area contributed by atoms with E-state index in [1.807, 2.05) is 0 Å². The van der Waals surface area contributed by atoms with Crippen LogP contribution in [0.15, 0.2) is 0 Å². The fourth-order valence-electron chi connectivity index (χ4n) is 3.14. The van der Waals surface area contributed by atoms with Crippen LogP contribution in [-0.4, -0.2) is 25.0 Å². The summed E-state index contributed by atoms with van der Waals surface area (Å²) in [5, 5.41) is 0. The number of hydrogen-bond donors (Lipinski definition) is 1. The molecule has 0 radical (unpaired) electrons. The van der Waals surface area contributed by atoms with Crippen LogP contribution in [0, 0.1) is 0 Å². The van der Waals surface area contributed by atoms with E-state index in [0.717, 1.165) is 0 Å². The molecule has 0 spiro atoms. The highest BCUT2D eigenvalue weighted by Gasteiger charge is 1.99. The Hall–Kier alpha value is 0.210. The van der Waals surface area contributed by atoms with Crippen LogP contribution in [0.2, 0.25) is 0 Å². The first-order valence-corrected chi connectivity index (χ1v) is 10.5. The standard InChI is InChI=1S/C21H45N.ClH.H3N/c1-4-6-8-10-12-14-16-18-20-22(3)21-19-17-15-13-11-9-7-5-2;;/h4-21H2,1-3H3;1H;1H3. The third-order valence-electron chi connectivity index (χ3n) is 4.79. The average Bonchev–Trinajstić information content (AvgIpc) is 2.52. The Kier molecular flexibility index (Phi) is 30.7. The molecular formula is C21H49ClN2. The Morgan fingerprint density at radius 1 is 0.458 bits per heavy atom. The molecule has 3 heteroatoms. The van der Waals surface area contributed by atoms with Crippen molar-refractivity contribution in [3.05, 3.63) is 0 Å². The lowest BCUT2D eigenvalue weighted by molar-refractivity contribution is 0.314. The minimum absolute atomic E-state index is 0. The minimum Gasteiger partial charge on any atom is -0.344 e. The lowest BCUT2D eigenvalue weighted by atomic mass is 10.1. The van der Waals surface area contributed by atoms with E-state index in [9.17, 15) is 0 Å². The van der Waals surface area contributed by atoms with Crippen molar-refractivity contribution in [3.63, 3.8) is 0 Å². The van der Waals surface area contributed by atoms with Crippen LogP contribution < -0.4 is 6.15 Å². The van der Waals surface area contributed by atoms with E-state index < -0.39 is 0 Å². The maximum Gasteiger partial charge on any atom is -0.00218 e.